The molecule has 2 aromatic rings. The number of nitrogens with zero attached hydrogens (tertiary/aromatic N) is 4. The second-order valence-corrected chi connectivity index (χ2v) is 8.64. The molecule has 0 radical (unpaired) electrons. The number of imide groups is 1. The van der Waals surface area contributed by atoms with E-state index in [-0.39, 0.29) is 18.2 Å². The van der Waals surface area contributed by atoms with E-state index < -0.39 is 11.9 Å². The minimum Gasteiger partial charge on any atom is -0.350 e. The Balaban J connectivity index is 1.31. The molecule has 168 valence electrons. The fourth-order valence-corrected chi connectivity index (χ4v) is 4.80. The molecule has 1 unspecified atom stereocenters. The Morgan fingerprint density at radius 3 is 2.75 bits per heavy atom. The van der Waals surface area contributed by atoms with Crippen molar-refractivity contribution >= 4 is 23.7 Å². The minimum absolute atomic E-state index is 0.164. The summed E-state index contributed by atoms with van der Waals surface area (Å²) >= 11 is 0. The molecule has 5 rings (SSSR count). The molecule has 0 aliphatic carbocycles. The first kappa shape index (κ1) is 20.6. The Bertz CT molecular complexity index is 1070. The number of anilines is 1. The largest absolute Gasteiger partial charge is 0.350 e. The average molecular weight is 438 g/mol. The zero-order chi connectivity index (χ0) is 22.2. The molecule has 10 heteroatoms. The number of carbonyl (C=O) groups is 3. The summed E-state index contributed by atoms with van der Waals surface area (Å²) < 4.78 is 1.77. The molecule has 2 fully saturated rings. The topological polar surface area (TPSA) is 121 Å². The lowest BCUT2D eigenvalue weighted by atomic mass is 9.98. The number of fused-ring (bicyclic) bond motifs is 1. The van der Waals surface area contributed by atoms with Gasteiger partial charge in [-0.3, -0.25) is 19.7 Å². The smallest absolute Gasteiger partial charge is 0.255 e. The third-order valence-electron chi connectivity index (χ3n) is 6.60. The Morgan fingerprint density at radius 2 is 1.97 bits per heavy atom. The van der Waals surface area contributed by atoms with Gasteiger partial charge in [0.25, 0.3) is 5.91 Å². The van der Waals surface area contributed by atoms with Gasteiger partial charge in [-0.25, -0.2) is 4.68 Å². The Labute approximate surface area is 185 Å². The van der Waals surface area contributed by atoms with Gasteiger partial charge >= 0.3 is 0 Å². The second-order valence-electron chi connectivity index (χ2n) is 8.64. The normalized spacial score (nSPS) is 21.6. The van der Waals surface area contributed by atoms with Crippen molar-refractivity contribution in [3.63, 3.8) is 0 Å². The van der Waals surface area contributed by atoms with Gasteiger partial charge in [0, 0.05) is 38.0 Å². The number of aromatic nitrogens is 3. The average Bonchev–Trinajstić information content (AvgIpc) is 3.33. The summed E-state index contributed by atoms with van der Waals surface area (Å²) in [6.45, 7) is 2.83. The first-order valence-electron chi connectivity index (χ1n) is 11.1. The monoisotopic (exact) mass is 437 g/mol. The van der Waals surface area contributed by atoms with Gasteiger partial charge in [0.1, 0.15) is 6.04 Å². The van der Waals surface area contributed by atoms with Crippen LogP contribution >= 0.6 is 0 Å². The first-order chi connectivity index (χ1) is 15.5. The molecule has 4 heterocycles. The van der Waals surface area contributed by atoms with E-state index in [1.54, 1.807) is 15.6 Å². The molecule has 0 saturated carbocycles. The maximum atomic E-state index is 13.0. The predicted molar refractivity (Wildman–Crippen MR) is 116 cm³/mol. The van der Waals surface area contributed by atoms with Crippen molar-refractivity contribution in [1.29, 1.82) is 0 Å². The summed E-state index contributed by atoms with van der Waals surface area (Å²) in [5.41, 5.74) is 2.51. The van der Waals surface area contributed by atoms with Crippen molar-refractivity contribution in [2.45, 2.75) is 50.7 Å². The zero-order valence-electron chi connectivity index (χ0n) is 18.1. The summed E-state index contributed by atoms with van der Waals surface area (Å²) in [5, 5.41) is 13.7. The number of rotatable bonds is 5. The van der Waals surface area contributed by atoms with Gasteiger partial charge in [0.05, 0.1) is 0 Å². The van der Waals surface area contributed by atoms with Crippen LogP contribution in [0.4, 0.5) is 5.95 Å². The molecule has 0 spiro atoms. The van der Waals surface area contributed by atoms with Crippen LogP contribution in [0, 0.1) is 0 Å². The Hall–Kier alpha value is -3.27. The second kappa shape index (κ2) is 8.34. The highest BCUT2D eigenvalue weighted by Crippen LogP contribution is 2.30. The third kappa shape index (κ3) is 3.75. The zero-order valence-corrected chi connectivity index (χ0v) is 18.1. The highest BCUT2D eigenvalue weighted by atomic mass is 16.2. The van der Waals surface area contributed by atoms with E-state index in [0.717, 1.165) is 42.9 Å². The molecule has 1 aromatic heterocycles. The maximum absolute atomic E-state index is 13.0. The highest BCUT2D eigenvalue weighted by Gasteiger charge is 2.39. The van der Waals surface area contributed by atoms with Crippen LogP contribution in [0.15, 0.2) is 18.2 Å². The lowest BCUT2D eigenvalue weighted by Gasteiger charge is -2.29. The SMILES string of the molecule is Cn1nc(C2CCNCC2)nc1NCc1cccc2c1CN(C1CCC(=O)NC1=O)C2=O. The van der Waals surface area contributed by atoms with Gasteiger partial charge in [-0.15, -0.1) is 0 Å². The van der Waals surface area contributed by atoms with Gasteiger partial charge in [-0.2, -0.15) is 10.1 Å². The summed E-state index contributed by atoms with van der Waals surface area (Å²) in [4.78, 5) is 43.1. The Kier molecular flexibility index (Phi) is 5.38. The van der Waals surface area contributed by atoms with Gasteiger partial charge in [0.15, 0.2) is 5.82 Å². The minimum atomic E-state index is -0.611. The van der Waals surface area contributed by atoms with Crippen molar-refractivity contribution < 1.29 is 14.4 Å². The maximum Gasteiger partial charge on any atom is 0.255 e. The van der Waals surface area contributed by atoms with Gasteiger partial charge in [0.2, 0.25) is 17.8 Å². The van der Waals surface area contributed by atoms with E-state index in [4.69, 9.17) is 4.98 Å². The van der Waals surface area contributed by atoms with E-state index in [9.17, 15) is 14.4 Å². The highest BCUT2D eigenvalue weighted by molar-refractivity contribution is 6.05. The van der Waals surface area contributed by atoms with E-state index >= 15 is 0 Å². The van der Waals surface area contributed by atoms with E-state index in [1.165, 1.54) is 0 Å². The quantitative estimate of drug-likeness (QED) is 0.588. The van der Waals surface area contributed by atoms with Crippen LogP contribution in [0.25, 0.3) is 0 Å². The van der Waals surface area contributed by atoms with Gasteiger partial charge < -0.3 is 15.5 Å². The fraction of sp³-hybridized carbons (Fsp3) is 0.500. The summed E-state index contributed by atoms with van der Waals surface area (Å²) in [5.74, 6) is 1.10. The van der Waals surface area contributed by atoms with Crippen LogP contribution in [0.3, 0.4) is 0 Å². The molecular weight excluding hydrogens is 410 g/mol. The van der Waals surface area contributed by atoms with E-state index in [0.29, 0.717) is 36.9 Å². The number of carbonyl (C=O) groups excluding carboxylic acids is 3. The molecule has 10 nitrogen and oxygen atoms in total. The number of aryl methyl sites for hydroxylation is 1. The molecule has 3 N–H and O–H groups in total. The van der Waals surface area contributed by atoms with Crippen molar-refractivity contribution in [2.24, 2.45) is 7.05 Å². The summed E-state index contributed by atoms with van der Waals surface area (Å²) in [7, 11) is 1.88. The molecule has 1 aromatic carbocycles. The van der Waals surface area contributed by atoms with Crippen LogP contribution in [-0.4, -0.2) is 56.5 Å². The molecule has 1 atom stereocenters. The number of amides is 3. The van der Waals surface area contributed by atoms with Gasteiger partial charge in [-0.05, 0) is 49.5 Å². The van der Waals surface area contributed by atoms with Crippen molar-refractivity contribution in [2.75, 3.05) is 18.4 Å². The molecule has 3 aliphatic rings. The molecule has 32 heavy (non-hydrogen) atoms. The van der Waals surface area contributed by atoms with Crippen LogP contribution in [0.5, 0.6) is 0 Å². The molecular formula is C22H27N7O3. The molecule has 3 amide bonds. The lowest BCUT2D eigenvalue weighted by Crippen LogP contribution is -2.52. The van der Waals surface area contributed by atoms with Crippen molar-refractivity contribution in [3.8, 4) is 0 Å². The summed E-state index contributed by atoms with van der Waals surface area (Å²) in [6.07, 6.45) is 2.68. The fourth-order valence-electron chi connectivity index (χ4n) is 4.80. The van der Waals surface area contributed by atoms with E-state index in [1.807, 2.05) is 19.2 Å². The van der Waals surface area contributed by atoms with Crippen LogP contribution < -0.4 is 16.0 Å². The van der Waals surface area contributed by atoms with Gasteiger partial charge in [-0.1, -0.05) is 12.1 Å². The molecule has 2 saturated heterocycles. The molecule has 0 bridgehead atoms. The molecule has 3 aliphatic heterocycles. The third-order valence-corrected chi connectivity index (χ3v) is 6.60. The number of hydrogen-bond donors (Lipinski definition) is 3. The number of hydrogen-bond acceptors (Lipinski definition) is 7. The predicted octanol–water partition coefficient (Wildman–Crippen LogP) is 0.655. The number of piperidine rings is 2. The van der Waals surface area contributed by atoms with Crippen LogP contribution in [-0.2, 0) is 29.7 Å². The van der Waals surface area contributed by atoms with Crippen molar-refractivity contribution in [3.05, 3.63) is 40.7 Å². The standard InChI is InChI=1S/C22H27N7O3/c1-28-22(26-19(27-28)13-7-9-23-10-8-13)24-11-14-3-2-4-15-16(14)12-29(21(15)32)17-5-6-18(30)25-20(17)31/h2-4,13,17,23H,5-12H2,1H3,(H,24,26,27)(H,25,30,31). The van der Waals surface area contributed by atoms with Crippen LogP contribution in [0.1, 0.15) is 58.9 Å². The summed E-state index contributed by atoms with van der Waals surface area (Å²) in [6, 6.07) is 5.03. The number of benzene rings is 1. The van der Waals surface area contributed by atoms with Crippen LogP contribution in [0.2, 0.25) is 0 Å². The van der Waals surface area contributed by atoms with Crippen molar-refractivity contribution in [1.82, 2.24) is 30.3 Å². The number of nitrogens with one attached hydrogen (secondary N) is 3. The lowest BCUT2D eigenvalue weighted by molar-refractivity contribution is -0.136. The Morgan fingerprint density at radius 1 is 1.16 bits per heavy atom. The first-order valence-corrected chi connectivity index (χ1v) is 11.1. The van der Waals surface area contributed by atoms with E-state index in [2.05, 4.69) is 21.0 Å².